The van der Waals surface area contributed by atoms with Gasteiger partial charge in [0.2, 0.25) is 0 Å². The molecule has 0 amide bonds. The maximum atomic E-state index is 11.6. The Kier molecular flexibility index (Phi) is 3.49. The second-order valence-electron chi connectivity index (χ2n) is 5.30. The van der Waals surface area contributed by atoms with Gasteiger partial charge in [-0.1, -0.05) is 6.42 Å². The smallest absolute Gasteiger partial charge is 0.152 e. The first-order valence-corrected chi connectivity index (χ1v) is 7.06. The van der Waals surface area contributed by atoms with Crippen LogP contribution in [-0.2, 0) is 6.54 Å². The molecular formula is C16H19NO3. The van der Waals surface area contributed by atoms with Gasteiger partial charge in [0.25, 0.3) is 0 Å². The zero-order valence-electron chi connectivity index (χ0n) is 11.6. The number of aliphatic hydroxyl groups is 1. The summed E-state index contributed by atoms with van der Waals surface area (Å²) < 4.78 is 7.36. The van der Waals surface area contributed by atoms with Crippen LogP contribution in [0.2, 0.25) is 0 Å². The molecule has 4 heteroatoms. The number of aliphatic hydroxyl groups excluding tert-OH is 1. The van der Waals surface area contributed by atoms with Crippen molar-refractivity contribution in [2.75, 3.05) is 13.7 Å². The lowest BCUT2D eigenvalue weighted by Gasteiger charge is -2.27. The number of hydrogen-bond donors (Lipinski definition) is 1. The van der Waals surface area contributed by atoms with E-state index in [2.05, 4.69) is 4.57 Å². The van der Waals surface area contributed by atoms with Crippen LogP contribution in [0.15, 0.2) is 18.2 Å². The molecule has 1 aliphatic rings. The monoisotopic (exact) mass is 273 g/mol. The van der Waals surface area contributed by atoms with Crippen LogP contribution < -0.4 is 4.74 Å². The number of aldehydes is 1. The van der Waals surface area contributed by atoms with Gasteiger partial charge in [-0.3, -0.25) is 4.79 Å². The van der Waals surface area contributed by atoms with Gasteiger partial charge in [0.15, 0.2) is 6.29 Å². The van der Waals surface area contributed by atoms with Gasteiger partial charge in [-0.05, 0) is 37.0 Å². The maximum absolute atomic E-state index is 11.6. The van der Waals surface area contributed by atoms with E-state index in [1.807, 2.05) is 18.2 Å². The first-order valence-electron chi connectivity index (χ1n) is 7.06. The van der Waals surface area contributed by atoms with Gasteiger partial charge in [-0.15, -0.1) is 0 Å². The fourth-order valence-corrected chi connectivity index (χ4v) is 3.09. The zero-order valence-corrected chi connectivity index (χ0v) is 11.6. The molecule has 0 unspecified atom stereocenters. The molecule has 4 nitrogen and oxygen atoms in total. The van der Waals surface area contributed by atoms with Crippen molar-refractivity contribution in [1.29, 1.82) is 0 Å². The van der Waals surface area contributed by atoms with Gasteiger partial charge in [0, 0.05) is 28.7 Å². The highest BCUT2D eigenvalue weighted by molar-refractivity contribution is 6.00. The highest BCUT2D eigenvalue weighted by Gasteiger charge is 2.28. The number of methoxy groups -OCH3 is 1. The Bertz CT molecular complexity index is 641. The van der Waals surface area contributed by atoms with Gasteiger partial charge in [-0.2, -0.15) is 0 Å². The maximum Gasteiger partial charge on any atom is 0.152 e. The number of carbonyl (C=O) groups is 1. The molecule has 0 saturated heterocycles. The quantitative estimate of drug-likeness (QED) is 0.852. The predicted molar refractivity (Wildman–Crippen MR) is 77.6 cm³/mol. The summed E-state index contributed by atoms with van der Waals surface area (Å²) in [5, 5.41) is 10.3. The lowest BCUT2D eigenvalue weighted by molar-refractivity contribution is 0.112. The summed E-state index contributed by atoms with van der Waals surface area (Å²) in [6.45, 7) is 0.607. The summed E-state index contributed by atoms with van der Waals surface area (Å²) in [5.41, 5.74) is 2.85. The Morgan fingerprint density at radius 3 is 2.80 bits per heavy atom. The fourth-order valence-electron chi connectivity index (χ4n) is 3.09. The highest BCUT2D eigenvalue weighted by atomic mass is 16.5. The second kappa shape index (κ2) is 5.29. The van der Waals surface area contributed by atoms with Crippen LogP contribution >= 0.6 is 0 Å². The molecule has 3 rings (SSSR count). The highest BCUT2D eigenvalue weighted by Crippen LogP contribution is 2.41. The van der Waals surface area contributed by atoms with Crippen molar-refractivity contribution >= 4 is 17.2 Å². The molecule has 1 aromatic heterocycles. The van der Waals surface area contributed by atoms with Crippen molar-refractivity contribution in [3.05, 3.63) is 29.5 Å². The van der Waals surface area contributed by atoms with E-state index in [0.717, 1.165) is 47.0 Å². The third kappa shape index (κ3) is 1.91. The van der Waals surface area contributed by atoms with Crippen LogP contribution in [0.25, 0.3) is 10.9 Å². The lowest BCUT2D eigenvalue weighted by atomic mass is 9.81. The zero-order chi connectivity index (χ0) is 14.1. The lowest BCUT2D eigenvalue weighted by Crippen LogP contribution is -2.17. The summed E-state index contributed by atoms with van der Waals surface area (Å²) in [4.78, 5) is 11.6. The van der Waals surface area contributed by atoms with Crippen LogP contribution in [0.1, 0.15) is 41.2 Å². The molecule has 0 aliphatic heterocycles. The molecular weight excluding hydrogens is 254 g/mol. The predicted octanol–water partition coefficient (Wildman–Crippen LogP) is 2.72. The Hall–Kier alpha value is -1.81. The average molecular weight is 273 g/mol. The van der Waals surface area contributed by atoms with E-state index < -0.39 is 0 Å². The minimum atomic E-state index is 0.0772. The largest absolute Gasteiger partial charge is 0.497 e. The summed E-state index contributed by atoms with van der Waals surface area (Å²) in [7, 11) is 1.62. The van der Waals surface area contributed by atoms with Gasteiger partial charge in [0.05, 0.1) is 13.7 Å². The Morgan fingerprint density at radius 1 is 1.45 bits per heavy atom. The molecule has 1 fully saturated rings. The molecule has 106 valence electrons. The van der Waals surface area contributed by atoms with E-state index in [9.17, 15) is 9.90 Å². The SMILES string of the molecule is COc1ccc2c(c1)c(C=O)c(C1CCC1)n2CCO. The number of hydrogen-bond acceptors (Lipinski definition) is 3. The third-order valence-corrected chi connectivity index (χ3v) is 4.28. The van der Waals surface area contributed by atoms with Crippen molar-refractivity contribution in [3.63, 3.8) is 0 Å². The summed E-state index contributed by atoms with van der Waals surface area (Å²) in [6.07, 6.45) is 4.41. The Morgan fingerprint density at radius 2 is 2.25 bits per heavy atom. The molecule has 1 aromatic carbocycles. The summed E-state index contributed by atoms with van der Waals surface area (Å²) >= 11 is 0. The van der Waals surface area contributed by atoms with E-state index >= 15 is 0 Å². The molecule has 0 radical (unpaired) electrons. The number of benzene rings is 1. The standard InChI is InChI=1S/C16H19NO3/c1-20-12-5-6-15-13(9-12)14(10-19)16(11-3-2-4-11)17(15)7-8-18/h5-6,9-11,18H,2-4,7-8H2,1H3. The third-order valence-electron chi connectivity index (χ3n) is 4.28. The van der Waals surface area contributed by atoms with E-state index in [4.69, 9.17) is 4.74 Å². The van der Waals surface area contributed by atoms with Crippen LogP contribution in [0.3, 0.4) is 0 Å². The van der Waals surface area contributed by atoms with Crippen molar-refractivity contribution in [1.82, 2.24) is 4.57 Å². The Balaban J connectivity index is 2.26. The van der Waals surface area contributed by atoms with Crippen molar-refractivity contribution in [2.24, 2.45) is 0 Å². The number of fused-ring (bicyclic) bond motifs is 1. The van der Waals surface area contributed by atoms with Crippen LogP contribution in [0.4, 0.5) is 0 Å². The van der Waals surface area contributed by atoms with Crippen LogP contribution in [0.5, 0.6) is 5.75 Å². The number of aromatic nitrogens is 1. The molecule has 1 N–H and O–H groups in total. The van der Waals surface area contributed by atoms with Gasteiger partial charge in [0.1, 0.15) is 5.75 Å². The van der Waals surface area contributed by atoms with Crippen LogP contribution in [-0.4, -0.2) is 29.7 Å². The number of rotatable bonds is 5. The topological polar surface area (TPSA) is 51.5 Å². The van der Waals surface area contributed by atoms with Gasteiger partial charge >= 0.3 is 0 Å². The molecule has 1 aliphatic carbocycles. The number of carbonyl (C=O) groups excluding carboxylic acids is 1. The molecule has 0 atom stereocenters. The summed E-state index contributed by atoms with van der Waals surface area (Å²) in [6, 6.07) is 5.78. The van der Waals surface area contributed by atoms with E-state index in [-0.39, 0.29) is 6.61 Å². The van der Waals surface area contributed by atoms with E-state index in [0.29, 0.717) is 12.5 Å². The molecule has 1 heterocycles. The number of ether oxygens (including phenoxy) is 1. The Labute approximate surface area is 118 Å². The summed E-state index contributed by atoms with van der Waals surface area (Å²) in [5.74, 6) is 1.20. The normalized spacial score (nSPS) is 15.3. The average Bonchev–Trinajstić information content (AvgIpc) is 2.71. The van der Waals surface area contributed by atoms with Gasteiger partial charge in [-0.25, -0.2) is 0 Å². The molecule has 0 spiro atoms. The van der Waals surface area contributed by atoms with Crippen molar-refractivity contribution in [2.45, 2.75) is 31.7 Å². The van der Waals surface area contributed by atoms with Gasteiger partial charge < -0.3 is 14.4 Å². The van der Waals surface area contributed by atoms with Crippen LogP contribution in [0, 0.1) is 0 Å². The van der Waals surface area contributed by atoms with E-state index in [1.54, 1.807) is 7.11 Å². The first-order chi connectivity index (χ1) is 9.80. The fraction of sp³-hybridized carbons (Fsp3) is 0.438. The molecule has 20 heavy (non-hydrogen) atoms. The first kappa shape index (κ1) is 13.2. The molecule has 0 bridgehead atoms. The second-order valence-corrected chi connectivity index (χ2v) is 5.30. The van der Waals surface area contributed by atoms with Crippen molar-refractivity contribution in [3.8, 4) is 5.75 Å². The molecule has 1 saturated carbocycles. The number of nitrogens with zero attached hydrogens (tertiary/aromatic N) is 1. The minimum Gasteiger partial charge on any atom is -0.497 e. The molecule has 2 aromatic rings. The van der Waals surface area contributed by atoms with E-state index in [1.165, 1.54) is 6.42 Å². The van der Waals surface area contributed by atoms with Crippen molar-refractivity contribution < 1.29 is 14.6 Å². The minimum absolute atomic E-state index is 0.0772.